The van der Waals surface area contributed by atoms with Crippen molar-refractivity contribution in [2.45, 2.75) is 16.9 Å². The van der Waals surface area contributed by atoms with Crippen LogP contribution in [0.3, 0.4) is 0 Å². The SMILES string of the molecule is COC(OC)c1ccc(SCc2ncccn2)cc1. The zero-order valence-corrected chi connectivity index (χ0v) is 11.8. The lowest BCUT2D eigenvalue weighted by Gasteiger charge is -2.13. The van der Waals surface area contributed by atoms with Gasteiger partial charge in [-0.2, -0.15) is 0 Å². The molecule has 2 rings (SSSR count). The molecular weight excluding hydrogens is 260 g/mol. The highest BCUT2D eigenvalue weighted by Crippen LogP contribution is 2.24. The van der Waals surface area contributed by atoms with E-state index in [2.05, 4.69) is 9.97 Å². The predicted molar refractivity (Wildman–Crippen MR) is 74.8 cm³/mol. The molecule has 19 heavy (non-hydrogen) atoms. The van der Waals surface area contributed by atoms with Gasteiger partial charge < -0.3 is 9.47 Å². The number of hydrogen-bond acceptors (Lipinski definition) is 5. The molecule has 0 fully saturated rings. The Morgan fingerprint density at radius 3 is 2.26 bits per heavy atom. The van der Waals surface area contributed by atoms with Crippen LogP contribution in [0.1, 0.15) is 17.7 Å². The highest BCUT2D eigenvalue weighted by Gasteiger charge is 2.08. The third kappa shape index (κ3) is 4.02. The smallest absolute Gasteiger partial charge is 0.183 e. The van der Waals surface area contributed by atoms with E-state index in [4.69, 9.17) is 9.47 Å². The van der Waals surface area contributed by atoms with Gasteiger partial charge >= 0.3 is 0 Å². The van der Waals surface area contributed by atoms with Gasteiger partial charge in [-0.05, 0) is 18.2 Å². The molecule has 0 saturated carbocycles. The van der Waals surface area contributed by atoms with Crippen LogP contribution < -0.4 is 0 Å². The van der Waals surface area contributed by atoms with Crippen LogP contribution in [0.25, 0.3) is 0 Å². The van der Waals surface area contributed by atoms with Gasteiger partial charge in [0.2, 0.25) is 0 Å². The zero-order chi connectivity index (χ0) is 13.5. The van der Waals surface area contributed by atoms with Crippen molar-refractivity contribution in [3.8, 4) is 0 Å². The molecule has 5 heteroatoms. The lowest BCUT2D eigenvalue weighted by Crippen LogP contribution is -2.02. The van der Waals surface area contributed by atoms with Gasteiger partial charge in [-0.15, -0.1) is 11.8 Å². The van der Waals surface area contributed by atoms with Gasteiger partial charge in [0, 0.05) is 37.1 Å². The molecule has 0 aliphatic rings. The van der Waals surface area contributed by atoms with E-state index in [1.165, 1.54) is 4.90 Å². The second-order valence-corrected chi connectivity index (χ2v) is 4.87. The van der Waals surface area contributed by atoms with E-state index in [0.29, 0.717) is 0 Å². The van der Waals surface area contributed by atoms with Crippen LogP contribution in [0.15, 0.2) is 47.6 Å². The number of rotatable bonds is 6. The molecule has 0 spiro atoms. The van der Waals surface area contributed by atoms with E-state index in [1.807, 2.05) is 30.3 Å². The summed E-state index contributed by atoms with van der Waals surface area (Å²) in [5.41, 5.74) is 1.00. The second kappa shape index (κ2) is 7.23. The van der Waals surface area contributed by atoms with E-state index < -0.39 is 0 Å². The Balaban J connectivity index is 1.95. The molecule has 100 valence electrons. The van der Waals surface area contributed by atoms with E-state index in [-0.39, 0.29) is 6.29 Å². The number of hydrogen-bond donors (Lipinski definition) is 0. The number of nitrogens with zero attached hydrogens (tertiary/aromatic N) is 2. The first kappa shape index (κ1) is 14.0. The maximum Gasteiger partial charge on any atom is 0.183 e. The van der Waals surface area contributed by atoms with Gasteiger partial charge in [-0.25, -0.2) is 9.97 Å². The molecule has 1 heterocycles. The minimum Gasteiger partial charge on any atom is -0.352 e. The first-order chi connectivity index (χ1) is 9.33. The Morgan fingerprint density at radius 2 is 1.68 bits per heavy atom. The van der Waals surface area contributed by atoms with Crippen LogP contribution in [0.2, 0.25) is 0 Å². The molecule has 0 aliphatic carbocycles. The molecule has 0 amide bonds. The number of aromatic nitrogens is 2. The van der Waals surface area contributed by atoms with Crippen LogP contribution in [-0.2, 0) is 15.2 Å². The first-order valence-electron chi connectivity index (χ1n) is 5.87. The van der Waals surface area contributed by atoms with Crippen molar-refractivity contribution >= 4 is 11.8 Å². The third-order valence-electron chi connectivity index (χ3n) is 2.57. The maximum absolute atomic E-state index is 5.21. The first-order valence-corrected chi connectivity index (χ1v) is 6.86. The average molecular weight is 276 g/mol. The van der Waals surface area contributed by atoms with Crippen LogP contribution in [0.5, 0.6) is 0 Å². The minimum absolute atomic E-state index is 0.309. The Morgan fingerprint density at radius 1 is 1.05 bits per heavy atom. The Labute approximate surface area is 117 Å². The predicted octanol–water partition coefficient (Wildman–Crippen LogP) is 3.06. The molecular formula is C14H16N2O2S. The van der Waals surface area contributed by atoms with Gasteiger partial charge in [0.15, 0.2) is 6.29 Å². The molecule has 0 radical (unpaired) electrons. The van der Waals surface area contributed by atoms with Crippen molar-refractivity contribution in [1.29, 1.82) is 0 Å². The summed E-state index contributed by atoms with van der Waals surface area (Å²) in [6.07, 6.45) is 3.21. The molecule has 4 nitrogen and oxygen atoms in total. The van der Waals surface area contributed by atoms with Crippen molar-refractivity contribution in [2.75, 3.05) is 14.2 Å². The Bertz CT molecular complexity index is 487. The molecule has 1 aromatic carbocycles. The fraction of sp³-hybridized carbons (Fsp3) is 0.286. The Kier molecular flexibility index (Phi) is 5.32. The quantitative estimate of drug-likeness (QED) is 0.599. The van der Waals surface area contributed by atoms with Crippen molar-refractivity contribution in [3.05, 3.63) is 54.1 Å². The van der Waals surface area contributed by atoms with Crippen LogP contribution in [0.4, 0.5) is 0 Å². The Hall–Kier alpha value is -1.43. The fourth-order valence-corrected chi connectivity index (χ4v) is 2.42. The molecule has 0 atom stereocenters. The number of methoxy groups -OCH3 is 2. The standard InChI is InChI=1S/C14H16N2O2S/c1-17-14(18-2)11-4-6-12(7-5-11)19-10-13-15-8-3-9-16-13/h3-9,14H,10H2,1-2H3. The summed E-state index contributed by atoms with van der Waals surface area (Å²) in [6, 6.07) is 9.93. The summed E-state index contributed by atoms with van der Waals surface area (Å²) in [4.78, 5) is 9.56. The summed E-state index contributed by atoms with van der Waals surface area (Å²) in [6.45, 7) is 0. The molecule has 1 aromatic heterocycles. The van der Waals surface area contributed by atoms with E-state index >= 15 is 0 Å². The average Bonchev–Trinajstić information content (AvgIpc) is 2.49. The lowest BCUT2D eigenvalue weighted by molar-refractivity contribution is -0.106. The molecule has 2 aromatic rings. The van der Waals surface area contributed by atoms with Gasteiger partial charge in [-0.3, -0.25) is 0 Å². The van der Waals surface area contributed by atoms with Crippen molar-refractivity contribution in [3.63, 3.8) is 0 Å². The summed E-state index contributed by atoms with van der Waals surface area (Å²) in [7, 11) is 3.26. The van der Waals surface area contributed by atoms with E-state index in [9.17, 15) is 0 Å². The van der Waals surface area contributed by atoms with Gasteiger partial charge in [0.25, 0.3) is 0 Å². The third-order valence-corrected chi connectivity index (χ3v) is 3.58. The number of ether oxygens (including phenoxy) is 2. The molecule has 0 N–H and O–H groups in total. The van der Waals surface area contributed by atoms with Crippen LogP contribution in [0, 0.1) is 0 Å². The molecule has 0 aliphatic heterocycles. The lowest BCUT2D eigenvalue weighted by atomic mass is 10.2. The summed E-state index contributed by atoms with van der Waals surface area (Å²) in [5.74, 6) is 1.60. The van der Waals surface area contributed by atoms with Gasteiger partial charge in [0.1, 0.15) is 5.82 Å². The summed E-state index contributed by atoms with van der Waals surface area (Å²) in [5, 5.41) is 0. The van der Waals surface area contributed by atoms with Crippen LogP contribution >= 0.6 is 11.8 Å². The topological polar surface area (TPSA) is 44.2 Å². The highest BCUT2D eigenvalue weighted by molar-refractivity contribution is 7.98. The fourth-order valence-electron chi connectivity index (χ4n) is 1.64. The van der Waals surface area contributed by atoms with E-state index in [1.54, 1.807) is 38.4 Å². The van der Waals surface area contributed by atoms with Gasteiger partial charge in [-0.1, -0.05) is 12.1 Å². The van der Waals surface area contributed by atoms with Crippen molar-refractivity contribution < 1.29 is 9.47 Å². The van der Waals surface area contributed by atoms with Gasteiger partial charge in [0.05, 0.1) is 5.75 Å². The number of benzene rings is 1. The minimum atomic E-state index is -0.309. The number of thioether (sulfide) groups is 1. The molecule has 0 unspecified atom stereocenters. The van der Waals surface area contributed by atoms with Crippen molar-refractivity contribution in [2.24, 2.45) is 0 Å². The second-order valence-electron chi connectivity index (χ2n) is 3.83. The summed E-state index contributed by atoms with van der Waals surface area (Å²) < 4.78 is 10.4. The van der Waals surface area contributed by atoms with Crippen LogP contribution in [-0.4, -0.2) is 24.2 Å². The summed E-state index contributed by atoms with van der Waals surface area (Å²) >= 11 is 1.70. The molecule has 0 bridgehead atoms. The monoisotopic (exact) mass is 276 g/mol. The molecule has 0 saturated heterocycles. The van der Waals surface area contributed by atoms with E-state index in [0.717, 1.165) is 17.1 Å². The normalized spacial score (nSPS) is 10.9. The zero-order valence-electron chi connectivity index (χ0n) is 10.9. The van der Waals surface area contributed by atoms with Crippen molar-refractivity contribution in [1.82, 2.24) is 9.97 Å². The maximum atomic E-state index is 5.21. The highest BCUT2D eigenvalue weighted by atomic mass is 32.2. The largest absolute Gasteiger partial charge is 0.352 e.